The van der Waals surface area contributed by atoms with Crippen molar-refractivity contribution in [2.75, 3.05) is 19.3 Å². The van der Waals surface area contributed by atoms with Gasteiger partial charge >= 0.3 is 0 Å². The first-order chi connectivity index (χ1) is 6.86. The van der Waals surface area contributed by atoms with Crippen molar-refractivity contribution < 1.29 is 4.42 Å². The highest BCUT2D eigenvalue weighted by Gasteiger charge is 2.04. The normalized spacial score (nSPS) is 10.7. The van der Waals surface area contributed by atoms with Crippen LogP contribution < -0.4 is 5.32 Å². The lowest BCUT2D eigenvalue weighted by Gasteiger charge is -1.97. The molecule has 1 rings (SSSR count). The quantitative estimate of drug-likeness (QED) is 0.698. The molecule has 4 nitrogen and oxygen atoms in total. The molecule has 0 radical (unpaired) electrons. The number of hydrogen-bond acceptors (Lipinski definition) is 5. The molecule has 0 saturated carbocycles. The number of nitrogens with zero attached hydrogens (tertiary/aromatic N) is 2. The standard InChI is InChI=1S/C9H17N3OS/c1-3-10-6-4-5-8-11-12-9(13-8)7-14-2/h10H,3-7H2,1-2H3. The van der Waals surface area contributed by atoms with Crippen LogP contribution in [-0.2, 0) is 12.2 Å². The summed E-state index contributed by atoms with van der Waals surface area (Å²) >= 11 is 1.69. The Hall–Kier alpha value is -0.550. The first kappa shape index (κ1) is 11.5. The minimum atomic E-state index is 0.732. The molecule has 0 unspecified atom stereocenters. The maximum absolute atomic E-state index is 5.43. The van der Waals surface area contributed by atoms with Gasteiger partial charge in [-0.3, -0.25) is 0 Å². The lowest BCUT2D eigenvalue weighted by molar-refractivity contribution is 0.456. The van der Waals surface area contributed by atoms with Gasteiger partial charge in [-0.25, -0.2) is 0 Å². The zero-order valence-electron chi connectivity index (χ0n) is 8.75. The van der Waals surface area contributed by atoms with Gasteiger partial charge in [0.15, 0.2) is 0 Å². The number of hydrogen-bond donors (Lipinski definition) is 1. The highest BCUT2D eigenvalue weighted by atomic mass is 32.2. The zero-order chi connectivity index (χ0) is 10.2. The molecule has 0 amide bonds. The first-order valence-corrected chi connectivity index (χ1v) is 6.27. The fraction of sp³-hybridized carbons (Fsp3) is 0.778. The number of aryl methyl sites for hydroxylation is 1. The van der Waals surface area contributed by atoms with Gasteiger partial charge in [-0.05, 0) is 25.8 Å². The molecule has 80 valence electrons. The molecule has 0 atom stereocenters. The highest BCUT2D eigenvalue weighted by Crippen LogP contribution is 2.08. The molecule has 0 aromatic carbocycles. The Morgan fingerprint density at radius 3 is 2.86 bits per heavy atom. The largest absolute Gasteiger partial charge is 0.424 e. The summed E-state index contributed by atoms with van der Waals surface area (Å²) < 4.78 is 5.43. The summed E-state index contributed by atoms with van der Waals surface area (Å²) in [7, 11) is 0. The number of thioether (sulfide) groups is 1. The zero-order valence-corrected chi connectivity index (χ0v) is 9.56. The molecule has 0 aliphatic rings. The Bertz CT molecular complexity index is 252. The van der Waals surface area contributed by atoms with Gasteiger partial charge in [0, 0.05) is 6.42 Å². The van der Waals surface area contributed by atoms with E-state index in [1.54, 1.807) is 11.8 Å². The summed E-state index contributed by atoms with van der Waals surface area (Å²) in [5, 5.41) is 11.2. The third-order valence-corrected chi connectivity index (χ3v) is 2.31. The van der Waals surface area contributed by atoms with E-state index in [9.17, 15) is 0 Å². The van der Waals surface area contributed by atoms with Crippen LogP contribution in [0.4, 0.5) is 0 Å². The van der Waals surface area contributed by atoms with Crippen LogP contribution >= 0.6 is 11.8 Å². The predicted molar refractivity (Wildman–Crippen MR) is 58.4 cm³/mol. The molecule has 0 spiro atoms. The molecular weight excluding hydrogens is 198 g/mol. The summed E-state index contributed by atoms with van der Waals surface area (Å²) in [6.45, 7) is 4.13. The van der Waals surface area contributed by atoms with Crippen LogP contribution in [0.15, 0.2) is 4.42 Å². The molecule has 5 heteroatoms. The summed E-state index contributed by atoms with van der Waals surface area (Å²) in [5.74, 6) is 2.29. The second-order valence-electron chi connectivity index (χ2n) is 2.98. The molecule has 0 fully saturated rings. The van der Waals surface area contributed by atoms with E-state index < -0.39 is 0 Å². The smallest absolute Gasteiger partial charge is 0.226 e. The van der Waals surface area contributed by atoms with Crippen molar-refractivity contribution in [2.45, 2.75) is 25.5 Å². The molecule has 0 aliphatic carbocycles. The van der Waals surface area contributed by atoms with Crippen molar-refractivity contribution in [3.63, 3.8) is 0 Å². The Balaban J connectivity index is 2.22. The monoisotopic (exact) mass is 215 g/mol. The number of aromatic nitrogens is 2. The van der Waals surface area contributed by atoms with E-state index in [1.807, 2.05) is 6.26 Å². The molecule has 1 aromatic rings. The fourth-order valence-corrected chi connectivity index (χ4v) is 1.48. The maximum Gasteiger partial charge on any atom is 0.226 e. The van der Waals surface area contributed by atoms with E-state index in [2.05, 4.69) is 22.4 Å². The average molecular weight is 215 g/mol. The van der Waals surface area contributed by atoms with Crippen molar-refractivity contribution in [2.24, 2.45) is 0 Å². The molecule has 14 heavy (non-hydrogen) atoms. The van der Waals surface area contributed by atoms with Crippen LogP contribution in [0.5, 0.6) is 0 Å². The van der Waals surface area contributed by atoms with Crippen molar-refractivity contribution in [1.82, 2.24) is 15.5 Å². The summed E-state index contributed by atoms with van der Waals surface area (Å²) in [6.07, 6.45) is 3.94. The Kier molecular flexibility index (Phi) is 5.63. The van der Waals surface area contributed by atoms with E-state index in [0.717, 1.165) is 43.5 Å². The van der Waals surface area contributed by atoms with Gasteiger partial charge in [-0.1, -0.05) is 6.92 Å². The van der Waals surface area contributed by atoms with E-state index in [0.29, 0.717) is 0 Å². The molecule has 0 bridgehead atoms. The van der Waals surface area contributed by atoms with Gasteiger partial charge in [-0.2, -0.15) is 11.8 Å². The first-order valence-electron chi connectivity index (χ1n) is 4.87. The van der Waals surface area contributed by atoms with Gasteiger partial charge in [-0.15, -0.1) is 10.2 Å². The maximum atomic E-state index is 5.43. The SMILES string of the molecule is CCNCCCc1nnc(CSC)o1. The third-order valence-electron chi connectivity index (χ3n) is 1.77. The Morgan fingerprint density at radius 1 is 1.36 bits per heavy atom. The van der Waals surface area contributed by atoms with Gasteiger partial charge in [0.2, 0.25) is 11.8 Å². The second-order valence-corrected chi connectivity index (χ2v) is 3.85. The van der Waals surface area contributed by atoms with Gasteiger partial charge in [0.1, 0.15) is 0 Å². The average Bonchev–Trinajstić information content (AvgIpc) is 2.61. The van der Waals surface area contributed by atoms with E-state index in [4.69, 9.17) is 4.42 Å². The van der Waals surface area contributed by atoms with E-state index >= 15 is 0 Å². The summed E-state index contributed by atoms with van der Waals surface area (Å²) in [5.41, 5.74) is 0. The third kappa shape index (κ3) is 4.11. The molecule has 0 saturated heterocycles. The van der Waals surface area contributed by atoms with Crippen LogP contribution in [-0.4, -0.2) is 29.5 Å². The fourth-order valence-electron chi connectivity index (χ4n) is 1.11. The van der Waals surface area contributed by atoms with Crippen LogP contribution in [0.2, 0.25) is 0 Å². The summed E-state index contributed by atoms with van der Waals surface area (Å²) in [6, 6.07) is 0. The predicted octanol–water partition coefficient (Wildman–Crippen LogP) is 1.47. The van der Waals surface area contributed by atoms with Crippen LogP contribution in [0.3, 0.4) is 0 Å². The molecule has 1 N–H and O–H groups in total. The van der Waals surface area contributed by atoms with Gasteiger partial charge < -0.3 is 9.73 Å². The van der Waals surface area contributed by atoms with Crippen molar-refractivity contribution in [3.8, 4) is 0 Å². The number of nitrogens with one attached hydrogen (secondary N) is 1. The summed E-state index contributed by atoms with van der Waals surface area (Å²) in [4.78, 5) is 0. The highest BCUT2D eigenvalue weighted by molar-refractivity contribution is 7.97. The number of rotatable bonds is 7. The topological polar surface area (TPSA) is 51.0 Å². The van der Waals surface area contributed by atoms with Crippen molar-refractivity contribution in [3.05, 3.63) is 11.8 Å². The van der Waals surface area contributed by atoms with Crippen molar-refractivity contribution >= 4 is 11.8 Å². The van der Waals surface area contributed by atoms with Gasteiger partial charge in [0.25, 0.3) is 0 Å². The Morgan fingerprint density at radius 2 is 2.14 bits per heavy atom. The van der Waals surface area contributed by atoms with Crippen LogP contribution in [0.1, 0.15) is 25.1 Å². The van der Waals surface area contributed by atoms with Gasteiger partial charge in [0.05, 0.1) is 5.75 Å². The second kappa shape index (κ2) is 6.84. The van der Waals surface area contributed by atoms with E-state index in [1.165, 1.54) is 0 Å². The molecule has 0 aliphatic heterocycles. The molecule has 1 aromatic heterocycles. The van der Waals surface area contributed by atoms with Crippen LogP contribution in [0, 0.1) is 0 Å². The minimum absolute atomic E-state index is 0.732. The Labute approximate surface area is 88.9 Å². The molecule has 1 heterocycles. The molecular formula is C9H17N3OS. The minimum Gasteiger partial charge on any atom is -0.424 e. The lowest BCUT2D eigenvalue weighted by Crippen LogP contribution is -2.14. The van der Waals surface area contributed by atoms with Crippen LogP contribution in [0.25, 0.3) is 0 Å². The van der Waals surface area contributed by atoms with E-state index in [-0.39, 0.29) is 0 Å². The van der Waals surface area contributed by atoms with Crippen molar-refractivity contribution in [1.29, 1.82) is 0 Å². The lowest BCUT2D eigenvalue weighted by atomic mass is 10.3.